The van der Waals surface area contributed by atoms with E-state index in [0.717, 1.165) is 10.4 Å². The van der Waals surface area contributed by atoms with Gasteiger partial charge in [-0.15, -0.1) is 17.8 Å². The molecule has 2 N–H and O–H groups in total. The van der Waals surface area contributed by atoms with Crippen molar-refractivity contribution in [3.05, 3.63) is 21.9 Å². The van der Waals surface area contributed by atoms with Gasteiger partial charge in [-0.05, 0) is 23.9 Å². The van der Waals surface area contributed by atoms with Gasteiger partial charge in [0, 0.05) is 4.88 Å². The lowest BCUT2D eigenvalue weighted by Gasteiger charge is -2.11. The van der Waals surface area contributed by atoms with Crippen molar-refractivity contribution < 1.29 is 9.90 Å². The summed E-state index contributed by atoms with van der Waals surface area (Å²) in [5.41, 5.74) is 0.979. The number of rotatable bonds is 4. The summed E-state index contributed by atoms with van der Waals surface area (Å²) in [5.74, 6) is 1.47. The topological polar surface area (TPSA) is 49.3 Å². The summed E-state index contributed by atoms with van der Waals surface area (Å²) < 4.78 is 0. The average Bonchev–Trinajstić information content (AvgIpc) is 2.52. The highest BCUT2D eigenvalue weighted by atomic mass is 32.1. The number of carboxylic acids is 1. The van der Waals surface area contributed by atoms with Crippen molar-refractivity contribution >= 4 is 17.3 Å². The van der Waals surface area contributed by atoms with Crippen LogP contribution in [0, 0.1) is 19.3 Å². The molecule has 0 amide bonds. The lowest BCUT2D eigenvalue weighted by molar-refractivity contribution is -0.139. The summed E-state index contributed by atoms with van der Waals surface area (Å²) >= 11 is 1.42. The Labute approximate surface area is 86.8 Å². The predicted octanol–water partition coefficient (Wildman–Crippen LogP) is 1.41. The number of carboxylic acid groups (broad SMARTS) is 1. The van der Waals surface area contributed by atoms with Crippen molar-refractivity contribution in [3.63, 3.8) is 0 Å². The molecular formula is C10H11NO2S. The molecule has 0 spiro atoms. The van der Waals surface area contributed by atoms with Gasteiger partial charge in [-0.2, -0.15) is 0 Å². The highest BCUT2D eigenvalue weighted by molar-refractivity contribution is 7.10. The van der Waals surface area contributed by atoms with Gasteiger partial charge in [-0.3, -0.25) is 10.1 Å². The molecule has 0 bridgehead atoms. The highest BCUT2D eigenvalue weighted by Gasteiger charge is 2.21. The second-order valence-corrected chi connectivity index (χ2v) is 3.77. The molecule has 3 nitrogen and oxygen atoms in total. The van der Waals surface area contributed by atoms with Crippen molar-refractivity contribution in [1.29, 1.82) is 0 Å². The second-order valence-electron chi connectivity index (χ2n) is 2.82. The fraction of sp³-hybridized carbons (Fsp3) is 0.300. The highest BCUT2D eigenvalue weighted by Crippen LogP contribution is 2.23. The molecule has 0 saturated heterocycles. The normalized spacial score (nSPS) is 12.0. The van der Waals surface area contributed by atoms with Gasteiger partial charge in [0.2, 0.25) is 0 Å². The number of terminal acetylenes is 1. The maximum Gasteiger partial charge on any atom is 0.326 e. The molecule has 74 valence electrons. The van der Waals surface area contributed by atoms with Gasteiger partial charge in [-0.25, -0.2) is 0 Å². The van der Waals surface area contributed by atoms with E-state index >= 15 is 0 Å². The van der Waals surface area contributed by atoms with Crippen LogP contribution in [0.5, 0.6) is 0 Å². The van der Waals surface area contributed by atoms with Gasteiger partial charge < -0.3 is 5.11 Å². The first-order valence-electron chi connectivity index (χ1n) is 4.10. The molecule has 14 heavy (non-hydrogen) atoms. The first-order chi connectivity index (χ1) is 6.66. The average molecular weight is 209 g/mol. The van der Waals surface area contributed by atoms with Gasteiger partial charge in [0.1, 0.15) is 6.04 Å². The molecule has 0 aliphatic heterocycles. The molecule has 1 aromatic heterocycles. The van der Waals surface area contributed by atoms with E-state index in [1.54, 1.807) is 0 Å². The van der Waals surface area contributed by atoms with Crippen molar-refractivity contribution in [2.24, 2.45) is 0 Å². The maximum atomic E-state index is 10.9. The first kappa shape index (κ1) is 10.8. The molecule has 4 heteroatoms. The predicted molar refractivity (Wildman–Crippen MR) is 56.3 cm³/mol. The van der Waals surface area contributed by atoms with Gasteiger partial charge in [-0.1, -0.05) is 5.92 Å². The van der Waals surface area contributed by atoms with Crippen LogP contribution in [0.1, 0.15) is 16.5 Å². The van der Waals surface area contributed by atoms with Gasteiger partial charge >= 0.3 is 5.97 Å². The molecule has 1 atom stereocenters. The quantitative estimate of drug-likeness (QED) is 0.737. The Morgan fingerprint density at radius 2 is 2.57 bits per heavy atom. The third-order valence-electron chi connectivity index (χ3n) is 1.82. The van der Waals surface area contributed by atoms with Crippen LogP contribution in [0.4, 0.5) is 0 Å². The second kappa shape index (κ2) is 4.80. The molecule has 1 heterocycles. The molecule has 0 fully saturated rings. The number of nitrogens with one attached hydrogen (secondary N) is 1. The number of thiophene rings is 1. The SMILES string of the molecule is C#CCNC(C(=O)O)c1sccc1C. The summed E-state index contributed by atoms with van der Waals surface area (Å²) in [6.07, 6.45) is 5.07. The minimum absolute atomic E-state index is 0.258. The van der Waals surface area contributed by atoms with E-state index in [-0.39, 0.29) is 6.54 Å². The fourth-order valence-corrected chi connectivity index (χ4v) is 2.13. The molecule has 0 aliphatic rings. The number of hydrogen-bond acceptors (Lipinski definition) is 3. The summed E-state index contributed by atoms with van der Waals surface area (Å²) in [7, 11) is 0. The maximum absolute atomic E-state index is 10.9. The third-order valence-corrected chi connectivity index (χ3v) is 2.90. The summed E-state index contributed by atoms with van der Waals surface area (Å²) in [5, 5.41) is 13.6. The van der Waals surface area contributed by atoms with Gasteiger partial charge in [0.05, 0.1) is 6.54 Å². The van der Waals surface area contributed by atoms with Crippen LogP contribution in [-0.2, 0) is 4.79 Å². The number of aryl methyl sites for hydroxylation is 1. The Hall–Kier alpha value is -1.31. The van der Waals surface area contributed by atoms with Crippen LogP contribution < -0.4 is 5.32 Å². The molecule has 0 saturated carbocycles. The van der Waals surface area contributed by atoms with E-state index < -0.39 is 12.0 Å². The standard InChI is InChI=1S/C10H11NO2S/c1-3-5-11-8(10(12)13)9-7(2)4-6-14-9/h1,4,6,8,11H,5H2,2H3,(H,12,13). The number of carbonyl (C=O) groups is 1. The van der Waals surface area contributed by atoms with Crippen LogP contribution in [0.25, 0.3) is 0 Å². The van der Waals surface area contributed by atoms with Crippen LogP contribution in [0.3, 0.4) is 0 Å². The summed E-state index contributed by atoms with van der Waals surface area (Å²) in [6, 6.07) is 1.21. The minimum atomic E-state index is -0.897. The Balaban J connectivity index is 2.84. The molecule has 0 radical (unpaired) electrons. The lowest BCUT2D eigenvalue weighted by Crippen LogP contribution is -2.28. The monoisotopic (exact) mass is 209 g/mol. The summed E-state index contributed by atoms with van der Waals surface area (Å²) in [4.78, 5) is 11.7. The fourth-order valence-electron chi connectivity index (χ4n) is 1.13. The number of aliphatic carboxylic acids is 1. The zero-order valence-electron chi connectivity index (χ0n) is 7.78. The molecular weight excluding hydrogens is 198 g/mol. The lowest BCUT2D eigenvalue weighted by atomic mass is 10.1. The third kappa shape index (κ3) is 2.34. The molecule has 1 unspecified atom stereocenters. The van der Waals surface area contributed by atoms with Crippen LogP contribution in [0.2, 0.25) is 0 Å². The largest absolute Gasteiger partial charge is 0.480 e. The van der Waals surface area contributed by atoms with E-state index in [1.165, 1.54) is 11.3 Å². The van der Waals surface area contributed by atoms with Crippen molar-refractivity contribution in [1.82, 2.24) is 5.32 Å². The van der Waals surface area contributed by atoms with E-state index in [4.69, 9.17) is 11.5 Å². The Morgan fingerprint density at radius 1 is 1.86 bits per heavy atom. The van der Waals surface area contributed by atoms with Crippen LogP contribution in [0.15, 0.2) is 11.4 Å². The molecule has 0 aromatic carbocycles. The van der Waals surface area contributed by atoms with Crippen molar-refractivity contribution in [2.45, 2.75) is 13.0 Å². The Kier molecular flexibility index (Phi) is 3.69. The Bertz CT molecular complexity index is 364. The van der Waals surface area contributed by atoms with Crippen LogP contribution in [-0.4, -0.2) is 17.6 Å². The number of hydrogen-bond donors (Lipinski definition) is 2. The smallest absolute Gasteiger partial charge is 0.326 e. The Morgan fingerprint density at radius 3 is 3.00 bits per heavy atom. The van der Waals surface area contributed by atoms with Crippen molar-refractivity contribution in [2.75, 3.05) is 6.54 Å². The zero-order chi connectivity index (χ0) is 10.6. The van der Waals surface area contributed by atoms with Gasteiger partial charge in [0.25, 0.3) is 0 Å². The van der Waals surface area contributed by atoms with E-state index in [1.807, 2.05) is 18.4 Å². The van der Waals surface area contributed by atoms with E-state index in [9.17, 15) is 4.79 Å². The first-order valence-corrected chi connectivity index (χ1v) is 4.98. The molecule has 1 aromatic rings. The van der Waals surface area contributed by atoms with Crippen LogP contribution >= 0.6 is 11.3 Å². The zero-order valence-corrected chi connectivity index (χ0v) is 8.60. The molecule has 0 aliphatic carbocycles. The van der Waals surface area contributed by atoms with Gasteiger partial charge in [0.15, 0.2) is 0 Å². The summed E-state index contributed by atoms with van der Waals surface area (Å²) in [6.45, 7) is 2.15. The molecule has 1 rings (SSSR count). The van der Waals surface area contributed by atoms with Crippen molar-refractivity contribution in [3.8, 4) is 12.3 Å². The van der Waals surface area contributed by atoms with E-state index in [0.29, 0.717) is 0 Å². The minimum Gasteiger partial charge on any atom is -0.480 e. The van der Waals surface area contributed by atoms with E-state index in [2.05, 4.69) is 11.2 Å².